The molecule has 4 nitrogen and oxygen atoms in total. The molecule has 0 aliphatic carbocycles. The van der Waals surface area contributed by atoms with Gasteiger partial charge in [0.1, 0.15) is 11.6 Å². The maximum Gasteiger partial charge on any atom is 0.246 e. The van der Waals surface area contributed by atoms with Gasteiger partial charge in [-0.2, -0.15) is 4.98 Å². The SMILES string of the molecule is Fc1ccc(-c2noc(CN3CCCc4cccc(F)c43)n2)cc1. The average Bonchev–Trinajstić information content (AvgIpc) is 3.04. The van der Waals surface area contributed by atoms with Crippen molar-refractivity contribution in [3.63, 3.8) is 0 Å². The number of anilines is 1. The lowest BCUT2D eigenvalue weighted by Crippen LogP contribution is -2.29. The molecule has 0 saturated carbocycles. The van der Waals surface area contributed by atoms with Crippen LogP contribution in [0.3, 0.4) is 0 Å². The predicted molar refractivity (Wildman–Crippen MR) is 85.5 cm³/mol. The fourth-order valence-corrected chi connectivity index (χ4v) is 3.04. The van der Waals surface area contributed by atoms with Crippen LogP contribution in [0.2, 0.25) is 0 Å². The second kappa shape index (κ2) is 6.03. The highest BCUT2D eigenvalue weighted by Gasteiger charge is 2.22. The van der Waals surface area contributed by atoms with E-state index in [4.69, 9.17) is 4.52 Å². The molecular formula is C18H15F2N3O. The Morgan fingerprint density at radius 1 is 1.08 bits per heavy atom. The summed E-state index contributed by atoms with van der Waals surface area (Å²) in [7, 11) is 0. The molecule has 0 bridgehead atoms. The summed E-state index contributed by atoms with van der Waals surface area (Å²) >= 11 is 0. The van der Waals surface area contributed by atoms with Crippen LogP contribution < -0.4 is 4.90 Å². The number of rotatable bonds is 3. The summed E-state index contributed by atoms with van der Waals surface area (Å²) in [5, 5.41) is 3.93. The quantitative estimate of drug-likeness (QED) is 0.730. The maximum absolute atomic E-state index is 14.2. The number of aromatic nitrogens is 2. The lowest BCUT2D eigenvalue weighted by atomic mass is 10.0. The van der Waals surface area contributed by atoms with E-state index in [1.54, 1.807) is 18.2 Å². The Morgan fingerprint density at radius 2 is 1.92 bits per heavy atom. The first-order chi connectivity index (χ1) is 11.7. The van der Waals surface area contributed by atoms with E-state index in [0.29, 0.717) is 29.5 Å². The molecular weight excluding hydrogens is 312 g/mol. The van der Waals surface area contributed by atoms with E-state index in [9.17, 15) is 8.78 Å². The van der Waals surface area contributed by atoms with Gasteiger partial charge in [-0.3, -0.25) is 0 Å². The molecule has 0 amide bonds. The van der Waals surface area contributed by atoms with Gasteiger partial charge in [0.2, 0.25) is 11.7 Å². The summed E-state index contributed by atoms with van der Waals surface area (Å²) in [6.45, 7) is 1.09. The Hall–Kier alpha value is -2.76. The second-order valence-electron chi connectivity index (χ2n) is 5.79. The highest BCUT2D eigenvalue weighted by Crippen LogP contribution is 2.31. The van der Waals surface area contributed by atoms with Crippen molar-refractivity contribution in [3.8, 4) is 11.4 Å². The molecule has 0 radical (unpaired) electrons. The van der Waals surface area contributed by atoms with Gasteiger partial charge in [0.15, 0.2) is 0 Å². The molecule has 0 saturated heterocycles. The van der Waals surface area contributed by atoms with Crippen molar-refractivity contribution in [2.24, 2.45) is 0 Å². The summed E-state index contributed by atoms with van der Waals surface area (Å²) in [5.41, 5.74) is 2.29. The normalized spacial score (nSPS) is 13.8. The van der Waals surface area contributed by atoms with Crippen molar-refractivity contribution >= 4 is 5.69 Å². The molecule has 1 aliphatic heterocycles. The predicted octanol–water partition coefficient (Wildman–Crippen LogP) is 3.97. The minimum Gasteiger partial charge on any atom is -0.360 e. The number of para-hydroxylation sites is 1. The summed E-state index contributed by atoms with van der Waals surface area (Å²) in [6, 6.07) is 11.0. The summed E-state index contributed by atoms with van der Waals surface area (Å²) in [6.07, 6.45) is 1.82. The molecule has 0 atom stereocenters. The van der Waals surface area contributed by atoms with Gasteiger partial charge in [0.25, 0.3) is 0 Å². The third-order valence-electron chi connectivity index (χ3n) is 4.16. The van der Waals surface area contributed by atoms with Gasteiger partial charge < -0.3 is 9.42 Å². The van der Waals surface area contributed by atoms with Gasteiger partial charge in [-0.25, -0.2) is 8.78 Å². The van der Waals surface area contributed by atoms with Crippen molar-refractivity contribution in [2.75, 3.05) is 11.4 Å². The zero-order valence-corrected chi connectivity index (χ0v) is 12.9. The van der Waals surface area contributed by atoms with Crippen molar-refractivity contribution in [1.29, 1.82) is 0 Å². The minimum absolute atomic E-state index is 0.231. The average molecular weight is 327 g/mol. The van der Waals surface area contributed by atoms with E-state index in [0.717, 1.165) is 24.9 Å². The molecule has 6 heteroatoms. The van der Waals surface area contributed by atoms with Crippen LogP contribution in [-0.2, 0) is 13.0 Å². The van der Waals surface area contributed by atoms with E-state index in [1.165, 1.54) is 18.2 Å². The highest BCUT2D eigenvalue weighted by atomic mass is 19.1. The fourth-order valence-electron chi connectivity index (χ4n) is 3.04. The Morgan fingerprint density at radius 3 is 2.75 bits per heavy atom. The van der Waals surface area contributed by atoms with E-state index >= 15 is 0 Å². The first-order valence-corrected chi connectivity index (χ1v) is 7.81. The van der Waals surface area contributed by atoms with E-state index in [2.05, 4.69) is 10.1 Å². The number of hydrogen-bond acceptors (Lipinski definition) is 4. The molecule has 24 heavy (non-hydrogen) atoms. The summed E-state index contributed by atoms with van der Waals surface area (Å²) in [5.74, 6) is 0.259. The van der Waals surface area contributed by atoms with Gasteiger partial charge in [0.05, 0.1) is 12.2 Å². The first kappa shape index (κ1) is 14.8. The minimum atomic E-state index is -0.317. The number of aryl methyl sites for hydroxylation is 1. The van der Waals surface area contributed by atoms with Crippen LogP contribution >= 0.6 is 0 Å². The molecule has 4 rings (SSSR count). The number of nitrogens with zero attached hydrogens (tertiary/aromatic N) is 3. The Balaban J connectivity index is 1.58. The lowest BCUT2D eigenvalue weighted by Gasteiger charge is -2.30. The molecule has 122 valence electrons. The number of benzene rings is 2. The number of fused-ring (bicyclic) bond motifs is 1. The zero-order valence-electron chi connectivity index (χ0n) is 12.9. The van der Waals surface area contributed by atoms with Gasteiger partial charge in [-0.1, -0.05) is 17.3 Å². The lowest BCUT2D eigenvalue weighted by molar-refractivity contribution is 0.374. The first-order valence-electron chi connectivity index (χ1n) is 7.81. The number of hydrogen-bond donors (Lipinski definition) is 0. The van der Waals surface area contributed by atoms with Gasteiger partial charge in [-0.05, 0) is 48.7 Å². The fraction of sp³-hybridized carbons (Fsp3) is 0.222. The van der Waals surface area contributed by atoms with Gasteiger partial charge in [0, 0.05) is 12.1 Å². The molecule has 0 unspecified atom stereocenters. The van der Waals surface area contributed by atoms with Crippen LogP contribution in [0.1, 0.15) is 17.9 Å². The molecule has 1 aliphatic rings. The highest BCUT2D eigenvalue weighted by molar-refractivity contribution is 5.57. The second-order valence-corrected chi connectivity index (χ2v) is 5.79. The van der Waals surface area contributed by atoms with Crippen molar-refractivity contribution in [1.82, 2.24) is 10.1 Å². The van der Waals surface area contributed by atoms with Crippen molar-refractivity contribution in [3.05, 3.63) is 65.6 Å². The third-order valence-corrected chi connectivity index (χ3v) is 4.16. The van der Waals surface area contributed by atoms with Crippen LogP contribution in [0.25, 0.3) is 11.4 Å². The standard InChI is InChI=1S/C18H15F2N3O/c19-14-8-6-13(7-9-14)18-21-16(24-22-18)11-23-10-2-4-12-3-1-5-15(20)17(12)23/h1,3,5-9H,2,4,10-11H2. The van der Waals surface area contributed by atoms with E-state index in [-0.39, 0.29) is 11.6 Å². The molecule has 1 aromatic heterocycles. The largest absolute Gasteiger partial charge is 0.360 e. The monoisotopic (exact) mass is 327 g/mol. The molecule has 0 fully saturated rings. The van der Waals surface area contributed by atoms with Crippen LogP contribution in [0.4, 0.5) is 14.5 Å². The number of halogens is 2. The molecule has 0 spiro atoms. The maximum atomic E-state index is 14.2. The summed E-state index contributed by atoms with van der Waals surface area (Å²) < 4.78 is 32.5. The van der Waals surface area contributed by atoms with Gasteiger partial charge in [-0.15, -0.1) is 0 Å². The Bertz CT molecular complexity index is 861. The van der Waals surface area contributed by atoms with Crippen LogP contribution in [0.15, 0.2) is 47.0 Å². The van der Waals surface area contributed by atoms with Crippen LogP contribution in [0, 0.1) is 11.6 Å². The Kier molecular flexibility index (Phi) is 3.72. The molecule has 3 aromatic rings. The molecule has 0 N–H and O–H groups in total. The van der Waals surface area contributed by atoms with E-state index in [1.807, 2.05) is 11.0 Å². The smallest absolute Gasteiger partial charge is 0.246 e. The zero-order chi connectivity index (χ0) is 16.5. The van der Waals surface area contributed by atoms with Crippen LogP contribution in [-0.4, -0.2) is 16.7 Å². The Labute approximate surface area is 137 Å². The molecule has 2 heterocycles. The van der Waals surface area contributed by atoms with Crippen LogP contribution in [0.5, 0.6) is 0 Å². The molecule has 2 aromatic carbocycles. The topological polar surface area (TPSA) is 42.2 Å². The van der Waals surface area contributed by atoms with Crippen molar-refractivity contribution < 1.29 is 13.3 Å². The van der Waals surface area contributed by atoms with Crippen molar-refractivity contribution in [2.45, 2.75) is 19.4 Å². The third kappa shape index (κ3) is 2.75. The summed E-state index contributed by atoms with van der Waals surface area (Å²) in [4.78, 5) is 6.27. The van der Waals surface area contributed by atoms with E-state index < -0.39 is 0 Å². The van der Waals surface area contributed by atoms with Gasteiger partial charge >= 0.3 is 0 Å².